The predicted molar refractivity (Wildman–Crippen MR) is 66.9 cm³/mol. The highest BCUT2D eigenvalue weighted by Gasteiger charge is 2.01. The van der Waals surface area contributed by atoms with Crippen LogP contribution in [0.5, 0.6) is 0 Å². The summed E-state index contributed by atoms with van der Waals surface area (Å²) < 4.78 is 5.33. The number of anilines is 1. The lowest BCUT2D eigenvalue weighted by atomic mass is 10.1. The molecule has 0 atom stereocenters. The van der Waals surface area contributed by atoms with Crippen LogP contribution in [0.4, 0.5) is 5.69 Å². The van der Waals surface area contributed by atoms with Crippen LogP contribution in [0.2, 0.25) is 0 Å². The van der Waals surface area contributed by atoms with Gasteiger partial charge in [0.25, 0.3) is 0 Å². The first-order valence-corrected chi connectivity index (χ1v) is 5.28. The van der Waals surface area contributed by atoms with E-state index < -0.39 is 0 Å². The fourth-order valence-electron chi connectivity index (χ4n) is 1.25. The molecule has 0 saturated carbocycles. The van der Waals surface area contributed by atoms with Crippen molar-refractivity contribution in [2.45, 2.75) is 20.5 Å². The number of benzene rings is 1. The molecule has 0 aromatic heterocycles. The van der Waals surface area contributed by atoms with Crippen molar-refractivity contribution in [1.82, 2.24) is 0 Å². The van der Waals surface area contributed by atoms with E-state index >= 15 is 0 Å². The van der Waals surface area contributed by atoms with E-state index in [4.69, 9.17) is 22.7 Å². The van der Waals surface area contributed by atoms with Crippen molar-refractivity contribution in [2.75, 3.05) is 11.9 Å². The van der Waals surface area contributed by atoms with Crippen LogP contribution in [0, 0.1) is 6.92 Å². The normalized spacial score (nSPS) is 10.0. The highest BCUT2D eigenvalue weighted by Crippen LogP contribution is 2.17. The number of rotatable bonds is 4. The number of ether oxygens (including phenoxy) is 1. The van der Waals surface area contributed by atoms with Crippen molar-refractivity contribution in [1.29, 1.82) is 0 Å². The van der Waals surface area contributed by atoms with Gasteiger partial charge in [0, 0.05) is 12.3 Å². The molecule has 1 aromatic rings. The molecule has 1 rings (SSSR count). The minimum atomic E-state index is 0.284. The molecule has 1 aromatic carbocycles. The molecule has 0 fully saturated rings. The first-order chi connectivity index (χ1) is 7.13. The average molecular weight is 224 g/mol. The maximum Gasteiger partial charge on any atom is 0.168 e. The van der Waals surface area contributed by atoms with Crippen molar-refractivity contribution < 1.29 is 4.74 Å². The quantitative estimate of drug-likeness (QED) is 0.770. The molecule has 0 spiro atoms. The molecule has 0 aliphatic rings. The summed E-state index contributed by atoms with van der Waals surface area (Å²) in [5.41, 5.74) is 8.60. The fraction of sp³-hybridized carbons (Fsp3) is 0.364. The van der Waals surface area contributed by atoms with Crippen LogP contribution < -0.4 is 11.1 Å². The molecule has 0 aliphatic carbocycles. The predicted octanol–water partition coefficient (Wildman–Crippen LogP) is 2.19. The van der Waals surface area contributed by atoms with Gasteiger partial charge in [-0.25, -0.2) is 0 Å². The van der Waals surface area contributed by atoms with Gasteiger partial charge >= 0.3 is 0 Å². The Morgan fingerprint density at radius 3 is 2.87 bits per heavy atom. The van der Waals surface area contributed by atoms with E-state index in [-0.39, 0.29) is 5.11 Å². The van der Waals surface area contributed by atoms with E-state index in [9.17, 15) is 0 Å². The zero-order valence-electron chi connectivity index (χ0n) is 9.04. The molecule has 3 N–H and O–H groups in total. The fourth-order valence-corrected chi connectivity index (χ4v) is 1.36. The van der Waals surface area contributed by atoms with Gasteiger partial charge in [-0.3, -0.25) is 0 Å². The molecule has 4 heteroatoms. The summed E-state index contributed by atoms with van der Waals surface area (Å²) in [5.74, 6) is 0. The van der Waals surface area contributed by atoms with Gasteiger partial charge in [0.15, 0.2) is 5.11 Å². The monoisotopic (exact) mass is 224 g/mol. The van der Waals surface area contributed by atoms with Gasteiger partial charge < -0.3 is 15.8 Å². The summed E-state index contributed by atoms with van der Waals surface area (Å²) in [5, 5.41) is 3.23. The molecule has 0 aliphatic heterocycles. The van der Waals surface area contributed by atoms with Crippen LogP contribution in [0.25, 0.3) is 0 Å². The summed E-state index contributed by atoms with van der Waals surface area (Å²) in [4.78, 5) is 0. The van der Waals surface area contributed by atoms with E-state index in [1.165, 1.54) is 0 Å². The largest absolute Gasteiger partial charge is 0.377 e. The van der Waals surface area contributed by atoms with Gasteiger partial charge in [0.1, 0.15) is 0 Å². The highest BCUT2D eigenvalue weighted by atomic mass is 32.1. The summed E-state index contributed by atoms with van der Waals surface area (Å²) in [6.07, 6.45) is 0. The number of nitrogens with one attached hydrogen (secondary N) is 1. The van der Waals surface area contributed by atoms with E-state index in [1.54, 1.807) is 0 Å². The summed E-state index contributed by atoms with van der Waals surface area (Å²) in [7, 11) is 0. The van der Waals surface area contributed by atoms with Gasteiger partial charge in [0.2, 0.25) is 0 Å². The lowest BCUT2D eigenvalue weighted by Gasteiger charge is -2.10. The van der Waals surface area contributed by atoms with E-state index in [2.05, 4.69) is 5.32 Å². The molecular formula is C11H16N2OS. The molecule has 0 radical (unpaired) electrons. The minimum absolute atomic E-state index is 0.284. The zero-order chi connectivity index (χ0) is 11.3. The van der Waals surface area contributed by atoms with Gasteiger partial charge in [-0.15, -0.1) is 0 Å². The first kappa shape index (κ1) is 11.9. The summed E-state index contributed by atoms with van der Waals surface area (Å²) in [6, 6.07) is 6.06. The molecule has 82 valence electrons. The van der Waals surface area contributed by atoms with E-state index in [1.807, 2.05) is 32.0 Å². The maximum atomic E-state index is 5.43. The molecule has 0 amide bonds. The molecule has 0 bridgehead atoms. The van der Waals surface area contributed by atoms with Crippen molar-refractivity contribution in [3.63, 3.8) is 0 Å². The Labute approximate surface area is 95.6 Å². The van der Waals surface area contributed by atoms with Crippen LogP contribution in [0.3, 0.4) is 0 Å². The second kappa shape index (κ2) is 5.68. The molecule has 0 heterocycles. The Kier molecular flexibility index (Phi) is 4.52. The minimum Gasteiger partial charge on any atom is -0.377 e. The van der Waals surface area contributed by atoms with Crippen molar-refractivity contribution >= 4 is 23.0 Å². The van der Waals surface area contributed by atoms with Crippen molar-refractivity contribution in [3.05, 3.63) is 29.3 Å². The van der Waals surface area contributed by atoms with E-state index in [0.29, 0.717) is 13.2 Å². The molecule has 3 nitrogen and oxygen atoms in total. The second-order valence-electron chi connectivity index (χ2n) is 3.28. The third-order valence-electron chi connectivity index (χ3n) is 2.03. The topological polar surface area (TPSA) is 47.3 Å². The number of hydrogen-bond acceptors (Lipinski definition) is 2. The Morgan fingerprint density at radius 2 is 2.27 bits per heavy atom. The Hall–Kier alpha value is -1.13. The SMILES string of the molecule is CCOCc1ccc(C)c(NC(N)=S)c1. The highest BCUT2D eigenvalue weighted by molar-refractivity contribution is 7.80. The van der Waals surface area contributed by atoms with Gasteiger partial charge in [-0.1, -0.05) is 12.1 Å². The number of hydrogen-bond donors (Lipinski definition) is 2. The Balaban J connectivity index is 2.80. The second-order valence-corrected chi connectivity index (χ2v) is 3.72. The number of nitrogens with two attached hydrogens (primary N) is 1. The zero-order valence-corrected chi connectivity index (χ0v) is 9.86. The standard InChI is InChI=1S/C11H16N2OS/c1-3-14-7-9-5-4-8(2)10(6-9)13-11(12)15/h4-6H,3,7H2,1-2H3,(H3,12,13,15). The third kappa shape index (κ3) is 3.85. The summed E-state index contributed by atoms with van der Waals surface area (Å²) in [6.45, 7) is 5.31. The van der Waals surface area contributed by atoms with Crippen molar-refractivity contribution in [2.24, 2.45) is 5.73 Å². The first-order valence-electron chi connectivity index (χ1n) is 4.87. The smallest absolute Gasteiger partial charge is 0.168 e. The molecular weight excluding hydrogens is 208 g/mol. The number of aryl methyl sites for hydroxylation is 1. The lowest BCUT2D eigenvalue weighted by Crippen LogP contribution is -2.19. The van der Waals surface area contributed by atoms with Crippen molar-refractivity contribution in [3.8, 4) is 0 Å². The lowest BCUT2D eigenvalue weighted by molar-refractivity contribution is 0.134. The van der Waals surface area contributed by atoms with Crippen LogP contribution in [0.1, 0.15) is 18.1 Å². The van der Waals surface area contributed by atoms with Gasteiger partial charge in [-0.05, 0) is 43.3 Å². The van der Waals surface area contributed by atoms with Crippen LogP contribution in [-0.4, -0.2) is 11.7 Å². The van der Waals surface area contributed by atoms with Crippen LogP contribution in [-0.2, 0) is 11.3 Å². The Morgan fingerprint density at radius 1 is 1.53 bits per heavy atom. The average Bonchev–Trinajstić information content (AvgIpc) is 2.18. The van der Waals surface area contributed by atoms with Gasteiger partial charge in [-0.2, -0.15) is 0 Å². The maximum absolute atomic E-state index is 5.43. The molecule has 0 saturated heterocycles. The summed E-state index contributed by atoms with van der Waals surface area (Å²) >= 11 is 4.80. The van der Waals surface area contributed by atoms with E-state index in [0.717, 1.165) is 16.8 Å². The molecule has 15 heavy (non-hydrogen) atoms. The molecule has 0 unspecified atom stereocenters. The van der Waals surface area contributed by atoms with Gasteiger partial charge in [0.05, 0.1) is 6.61 Å². The Bertz CT molecular complexity index is 352. The third-order valence-corrected chi connectivity index (χ3v) is 2.13. The number of thiocarbonyl (C=S) groups is 1. The van der Waals surface area contributed by atoms with Crippen LogP contribution in [0.15, 0.2) is 18.2 Å². The van der Waals surface area contributed by atoms with Crippen LogP contribution >= 0.6 is 12.2 Å².